The van der Waals surface area contributed by atoms with E-state index in [9.17, 15) is 22.8 Å². The van der Waals surface area contributed by atoms with Crippen molar-refractivity contribution in [2.24, 2.45) is 0 Å². The van der Waals surface area contributed by atoms with E-state index in [1.165, 1.54) is 24.4 Å². The molecule has 0 atom stereocenters. The maximum Gasteiger partial charge on any atom is 0.417 e. The van der Waals surface area contributed by atoms with Crippen LogP contribution in [0.4, 0.5) is 24.8 Å². The molecule has 4 rings (SSSR count). The van der Waals surface area contributed by atoms with Crippen LogP contribution < -0.4 is 15.4 Å². The zero-order chi connectivity index (χ0) is 26.4. The fourth-order valence-corrected chi connectivity index (χ4v) is 3.72. The van der Waals surface area contributed by atoms with Gasteiger partial charge in [0.1, 0.15) is 5.75 Å². The molecule has 1 aliphatic heterocycles. The Morgan fingerprint density at radius 3 is 2.78 bits per heavy atom. The van der Waals surface area contributed by atoms with Gasteiger partial charge >= 0.3 is 6.18 Å². The first-order valence-electron chi connectivity index (χ1n) is 11.2. The molecule has 8 nitrogen and oxygen atoms in total. The van der Waals surface area contributed by atoms with Crippen molar-refractivity contribution in [2.75, 3.05) is 23.8 Å². The number of benzene rings is 2. The van der Waals surface area contributed by atoms with Crippen LogP contribution in [0, 0.1) is 0 Å². The van der Waals surface area contributed by atoms with E-state index in [1.807, 2.05) is 0 Å². The quantitative estimate of drug-likeness (QED) is 0.368. The Morgan fingerprint density at radius 1 is 1.19 bits per heavy atom. The maximum absolute atomic E-state index is 13.0. The smallest absolute Gasteiger partial charge is 0.417 e. The Kier molecular flexibility index (Phi) is 7.92. The van der Waals surface area contributed by atoms with Gasteiger partial charge in [-0.05, 0) is 48.4 Å². The van der Waals surface area contributed by atoms with E-state index < -0.39 is 22.7 Å². The van der Waals surface area contributed by atoms with Gasteiger partial charge in [0, 0.05) is 37.0 Å². The maximum atomic E-state index is 13.0. The van der Waals surface area contributed by atoms with E-state index in [2.05, 4.69) is 20.6 Å². The highest BCUT2D eigenvalue weighted by Gasteiger charge is 2.33. The van der Waals surface area contributed by atoms with Crippen molar-refractivity contribution in [2.45, 2.75) is 19.0 Å². The molecule has 1 aromatic heterocycles. The summed E-state index contributed by atoms with van der Waals surface area (Å²) in [5, 5.41) is 4.93. The molecule has 0 unspecified atom stereocenters. The second-order valence-electron chi connectivity index (χ2n) is 8.00. The van der Waals surface area contributed by atoms with Crippen LogP contribution in [-0.2, 0) is 15.8 Å². The van der Waals surface area contributed by atoms with Gasteiger partial charge in [0.05, 0.1) is 17.3 Å². The molecule has 12 heteroatoms. The Hall–Kier alpha value is -4.12. The van der Waals surface area contributed by atoms with Gasteiger partial charge in [0.15, 0.2) is 0 Å². The first kappa shape index (κ1) is 26.0. The van der Waals surface area contributed by atoms with Crippen LogP contribution in [-0.4, -0.2) is 39.9 Å². The Balaban J connectivity index is 1.36. The normalized spacial score (nSPS) is 13.7. The van der Waals surface area contributed by atoms with E-state index in [0.29, 0.717) is 36.9 Å². The van der Waals surface area contributed by atoms with Crippen LogP contribution in [0.3, 0.4) is 0 Å². The second kappa shape index (κ2) is 11.3. The molecule has 192 valence electrons. The topological polar surface area (TPSA) is 96.5 Å². The van der Waals surface area contributed by atoms with Gasteiger partial charge in [0.2, 0.25) is 23.6 Å². The number of aromatic nitrogens is 2. The Labute approximate surface area is 215 Å². The monoisotopic (exact) mass is 531 g/mol. The van der Waals surface area contributed by atoms with Crippen molar-refractivity contribution in [1.29, 1.82) is 0 Å². The summed E-state index contributed by atoms with van der Waals surface area (Å²) in [5.41, 5.74) is -0.459. The third kappa shape index (κ3) is 7.20. The molecule has 37 heavy (non-hydrogen) atoms. The lowest BCUT2D eigenvalue weighted by Crippen LogP contribution is -2.30. The lowest BCUT2D eigenvalue weighted by molar-refractivity contribution is -0.137. The number of hydrogen-bond acceptors (Lipinski definition) is 6. The molecule has 2 heterocycles. The molecule has 2 aromatic carbocycles. The SMILES string of the molecule is O=C(/C=C/c1cccc(Oc2ccnc(NCN3CCCC3=O)n2)c1)Nc1ccc(Cl)c(C(F)(F)F)c1. The van der Waals surface area contributed by atoms with Crippen molar-refractivity contribution in [3.05, 3.63) is 77.0 Å². The molecule has 0 aliphatic carbocycles. The third-order valence-corrected chi connectivity index (χ3v) is 5.61. The summed E-state index contributed by atoms with van der Waals surface area (Å²) >= 11 is 5.60. The van der Waals surface area contributed by atoms with Crippen molar-refractivity contribution in [3.63, 3.8) is 0 Å². The molecule has 1 saturated heterocycles. The minimum absolute atomic E-state index is 0.0364. The highest BCUT2D eigenvalue weighted by atomic mass is 35.5. The minimum atomic E-state index is -4.64. The number of hydrogen-bond donors (Lipinski definition) is 2. The summed E-state index contributed by atoms with van der Waals surface area (Å²) < 4.78 is 44.8. The highest BCUT2D eigenvalue weighted by molar-refractivity contribution is 6.31. The van der Waals surface area contributed by atoms with Crippen LogP contribution in [0.1, 0.15) is 24.0 Å². The molecule has 2 amide bonds. The van der Waals surface area contributed by atoms with Gasteiger partial charge in [-0.1, -0.05) is 23.7 Å². The highest BCUT2D eigenvalue weighted by Crippen LogP contribution is 2.36. The van der Waals surface area contributed by atoms with Crippen LogP contribution >= 0.6 is 11.6 Å². The molecule has 1 fully saturated rings. The summed E-state index contributed by atoms with van der Waals surface area (Å²) in [4.78, 5) is 34.1. The van der Waals surface area contributed by atoms with E-state index in [1.54, 1.807) is 35.2 Å². The summed E-state index contributed by atoms with van der Waals surface area (Å²) in [6.45, 7) is 0.993. The average Bonchev–Trinajstić information content (AvgIpc) is 3.27. The number of ether oxygens (including phenoxy) is 1. The molecular weight excluding hydrogens is 511 g/mol. The van der Waals surface area contributed by atoms with Gasteiger partial charge in [0.25, 0.3) is 0 Å². The number of likely N-dealkylation sites (tertiary alicyclic amines) is 1. The summed E-state index contributed by atoms with van der Waals surface area (Å²) in [7, 11) is 0. The first-order valence-corrected chi connectivity index (χ1v) is 11.5. The standard InChI is InChI=1S/C25H21ClF3N5O3/c26-20-8-7-17(14-19(20)25(27,28)29)32-21(35)9-6-16-3-1-4-18(13-16)37-22-10-11-30-24(33-22)31-15-34-12-2-5-23(34)36/h1,3-4,6-11,13-14H,2,5,12,15H2,(H,32,35)(H,30,31,33)/b9-6+. The van der Waals surface area contributed by atoms with Crippen LogP contribution in [0.2, 0.25) is 5.02 Å². The van der Waals surface area contributed by atoms with Crippen molar-refractivity contribution in [1.82, 2.24) is 14.9 Å². The second-order valence-corrected chi connectivity index (χ2v) is 8.41. The Morgan fingerprint density at radius 2 is 2.03 bits per heavy atom. The van der Waals surface area contributed by atoms with E-state index in [4.69, 9.17) is 16.3 Å². The number of nitrogens with zero attached hydrogens (tertiary/aromatic N) is 3. The van der Waals surface area contributed by atoms with Crippen LogP contribution in [0.15, 0.2) is 60.8 Å². The zero-order valence-corrected chi connectivity index (χ0v) is 20.0. The molecular formula is C25H21ClF3N5O3. The molecule has 1 aliphatic rings. The van der Waals surface area contributed by atoms with E-state index >= 15 is 0 Å². The van der Waals surface area contributed by atoms with Crippen LogP contribution in [0.5, 0.6) is 11.6 Å². The minimum Gasteiger partial charge on any atom is -0.439 e. The predicted molar refractivity (Wildman–Crippen MR) is 132 cm³/mol. The zero-order valence-electron chi connectivity index (χ0n) is 19.3. The fourth-order valence-electron chi connectivity index (χ4n) is 3.50. The lowest BCUT2D eigenvalue weighted by atomic mass is 10.2. The molecule has 0 radical (unpaired) electrons. The number of amides is 2. The number of carbonyl (C=O) groups is 2. The van der Waals surface area contributed by atoms with Crippen LogP contribution in [0.25, 0.3) is 6.08 Å². The number of alkyl halides is 3. The number of rotatable bonds is 8. The molecule has 2 N–H and O–H groups in total. The van der Waals surface area contributed by atoms with Crippen molar-refractivity contribution < 1.29 is 27.5 Å². The molecule has 0 spiro atoms. The number of halogens is 4. The first-order chi connectivity index (χ1) is 17.7. The molecule has 0 bridgehead atoms. The molecule has 0 saturated carbocycles. The molecule has 3 aromatic rings. The third-order valence-electron chi connectivity index (χ3n) is 5.28. The van der Waals surface area contributed by atoms with Gasteiger partial charge in [-0.15, -0.1) is 0 Å². The summed E-state index contributed by atoms with van der Waals surface area (Å²) in [6, 6.07) is 11.5. The van der Waals surface area contributed by atoms with Gasteiger partial charge in [-0.25, -0.2) is 4.98 Å². The van der Waals surface area contributed by atoms with Gasteiger partial charge in [-0.2, -0.15) is 18.2 Å². The predicted octanol–water partition coefficient (Wildman–Crippen LogP) is 5.58. The number of carbonyl (C=O) groups excluding carboxylic acids is 2. The van der Waals surface area contributed by atoms with Gasteiger partial charge < -0.3 is 20.3 Å². The van der Waals surface area contributed by atoms with Crippen molar-refractivity contribution >= 4 is 41.1 Å². The van der Waals surface area contributed by atoms with E-state index in [-0.39, 0.29) is 17.5 Å². The number of nitrogens with one attached hydrogen (secondary N) is 2. The largest absolute Gasteiger partial charge is 0.439 e. The van der Waals surface area contributed by atoms with Crippen molar-refractivity contribution in [3.8, 4) is 11.6 Å². The lowest BCUT2D eigenvalue weighted by Gasteiger charge is -2.16. The fraction of sp³-hybridized carbons (Fsp3) is 0.200. The summed E-state index contributed by atoms with van der Waals surface area (Å²) in [6.07, 6.45) is 0.929. The Bertz CT molecular complexity index is 1330. The van der Waals surface area contributed by atoms with Gasteiger partial charge in [-0.3, -0.25) is 9.59 Å². The average molecular weight is 532 g/mol. The van der Waals surface area contributed by atoms with E-state index in [0.717, 1.165) is 18.6 Å². The number of anilines is 2. The summed E-state index contributed by atoms with van der Waals surface area (Å²) in [5.74, 6) is 0.477.